The first-order chi connectivity index (χ1) is 8.19. The van der Waals surface area contributed by atoms with Crippen molar-refractivity contribution < 1.29 is 0 Å². The molecule has 1 saturated heterocycles. The zero-order chi connectivity index (χ0) is 12.3. The van der Waals surface area contributed by atoms with Gasteiger partial charge in [0.15, 0.2) is 0 Å². The fourth-order valence-corrected chi connectivity index (χ4v) is 3.39. The van der Waals surface area contributed by atoms with E-state index in [2.05, 4.69) is 25.2 Å². The molecule has 1 aliphatic rings. The number of rotatable bonds is 3. The Bertz CT molecular complexity index is 407. The summed E-state index contributed by atoms with van der Waals surface area (Å²) in [6, 6.07) is 11.0. The van der Waals surface area contributed by atoms with Crippen LogP contribution in [0.4, 0.5) is 0 Å². The number of nitrogens with zero attached hydrogens (tertiary/aromatic N) is 1. The second kappa shape index (κ2) is 5.57. The Morgan fingerprint density at radius 3 is 2.65 bits per heavy atom. The Kier molecular flexibility index (Phi) is 4.09. The standard InChI is InChI=1S/C14H18N2S/c1-10-7-14(9-17-10)16-11(2)13-5-3-12(8-15)4-6-13/h3-6,10-11,14,16H,7,9H2,1-2H3. The summed E-state index contributed by atoms with van der Waals surface area (Å²) >= 11 is 2.04. The van der Waals surface area contributed by atoms with Crippen LogP contribution in [0.5, 0.6) is 0 Å². The van der Waals surface area contributed by atoms with E-state index in [-0.39, 0.29) is 0 Å². The summed E-state index contributed by atoms with van der Waals surface area (Å²) < 4.78 is 0. The van der Waals surface area contributed by atoms with Crippen molar-refractivity contribution in [2.24, 2.45) is 0 Å². The molecule has 0 bridgehead atoms. The molecule has 0 amide bonds. The molecule has 1 aromatic carbocycles. The molecule has 0 aliphatic carbocycles. The molecule has 3 atom stereocenters. The Morgan fingerprint density at radius 2 is 2.12 bits per heavy atom. The van der Waals surface area contributed by atoms with E-state index in [1.807, 2.05) is 36.0 Å². The third-order valence-corrected chi connectivity index (χ3v) is 4.58. The molecule has 0 radical (unpaired) electrons. The molecule has 3 heteroatoms. The van der Waals surface area contributed by atoms with Crippen molar-refractivity contribution in [3.05, 3.63) is 35.4 Å². The lowest BCUT2D eigenvalue weighted by Gasteiger charge is -2.19. The zero-order valence-corrected chi connectivity index (χ0v) is 11.1. The summed E-state index contributed by atoms with van der Waals surface area (Å²) in [6.45, 7) is 4.48. The van der Waals surface area contributed by atoms with Gasteiger partial charge in [0.05, 0.1) is 11.6 Å². The van der Waals surface area contributed by atoms with E-state index in [9.17, 15) is 0 Å². The molecule has 0 aromatic heterocycles. The predicted molar refractivity (Wildman–Crippen MR) is 73.0 cm³/mol. The number of hydrogen-bond acceptors (Lipinski definition) is 3. The van der Waals surface area contributed by atoms with Crippen LogP contribution in [0.15, 0.2) is 24.3 Å². The topological polar surface area (TPSA) is 35.8 Å². The second-order valence-electron chi connectivity index (χ2n) is 4.70. The molecule has 1 aliphatic heterocycles. The van der Waals surface area contributed by atoms with Crippen molar-refractivity contribution in [1.82, 2.24) is 5.32 Å². The second-order valence-corrected chi connectivity index (χ2v) is 6.17. The van der Waals surface area contributed by atoms with Crippen molar-refractivity contribution in [3.8, 4) is 6.07 Å². The number of benzene rings is 1. The molecule has 2 rings (SSSR count). The maximum Gasteiger partial charge on any atom is 0.0991 e. The molecule has 90 valence electrons. The van der Waals surface area contributed by atoms with Crippen molar-refractivity contribution in [2.75, 3.05) is 5.75 Å². The van der Waals surface area contributed by atoms with Crippen molar-refractivity contribution in [2.45, 2.75) is 37.6 Å². The van der Waals surface area contributed by atoms with Gasteiger partial charge in [0.25, 0.3) is 0 Å². The predicted octanol–water partition coefficient (Wildman–Crippen LogP) is 3.10. The van der Waals surface area contributed by atoms with Crippen LogP contribution in [0, 0.1) is 11.3 Å². The maximum absolute atomic E-state index is 8.76. The lowest BCUT2D eigenvalue weighted by atomic mass is 10.0. The van der Waals surface area contributed by atoms with Crippen LogP contribution in [0.25, 0.3) is 0 Å². The molecular formula is C14H18N2S. The summed E-state index contributed by atoms with van der Waals surface area (Å²) in [5.41, 5.74) is 1.99. The molecule has 1 fully saturated rings. The SMILES string of the molecule is CC1CC(NC(C)c2ccc(C#N)cc2)CS1. The molecule has 2 nitrogen and oxygen atoms in total. The van der Waals surface area contributed by atoms with Gasteiger partial charge in [0.2, 0.25) is 0 Å². The van der Waals surface area contributed by atoms with Gasteiger partial charge in [-0.3, -0.25) is 0 Å². The van der Waals surface area contributed by atoms with E-state index in [0.717, 1.165) is 10.8 Å². The number of nitrogens with one attached hydrogen (secondary N) is 1. The minimum atomic E-state index is 0.360. The number of thioether (sulfide) groups is 1. The van der Waals surface area contributed by atoms with E-state index in [4.69, 9.17) is 5.26 Å². The lowest BCUT2D eigenvalue weighted by molar-refractivity contribution is 0.474. The van der Waals surface area contributed by atoms with E-state index >= 15 is 0 Å². The summed E-state index contributed by atoms with van der Waals surface area (Å²) in [7, 11) is 0. The van der Waals surface area contributed by atoms with Crippen molar-refractivity contribution >= 4 is 11.8 Å². The highest BCUT2D eigenvalue weighted by Crippen LogP contribution is 2.27. The van der Waals surface area contributed by atoms with Gasteiger partial charge in [-0.25, -0.2) is 0 Å². The molecule has 1 heterocycles. The van der Waals surface area contributed by atoms with Crippen LogP contribution < -0.4 is 5.32 Å². The first-order valence-corrected chi connectivity index (χ1v) is 7.11. The molecule has 17 heavy (non-hydrogen) atoms. The van der Waals surface area contributed by atoms with Gasteiger partial charge in [0.1, 0.15) is 0 Å². The van der Waals surface area contributed by atoms with Crippen molar-refractivity contribution in [1.29, 1.82) is 5.26 Å². The number of nitriles is 1. The van der Waals surface area contributed by atoms with Crippen LogP contribution in [-0.4, -0.2) is 17.0 Å². The summed E-state index contributed by atoms with van der Waals surface area (Å²) in [5.74, 6) is 1.21. The summed E-state index contributed by atoms with van der Waals surface area (Å²) in [6.07, 6.45) is 1.26. The summed E-state index contributed by atoms with van der Waals surface area (Å²) in [4.78, 5) is 0. The van der Waals surface area contributed by atoms with Crippen LogP contribution in [0.3, 0.4) is 0 Å². The molecule has 0 saturated carbocycles. The van der Waals surface area contributed by atoms with Crippen LogP contribution in [0.2, 0.25) is 0 Å². The highest BCUT2D eigenvalue weighted by atomic mass is 32.2. The first kappa shape index (κ1) is 12.5. The average Bonchev–Trinajstić information content (AvgIpc) is 2.75. The van der Waals surface area contributed by atoms with Gasteiger partial charge < -0.3 is 5.32 Å². The molecule has 3 unspecified atom stereocenters. The molecule has 0 spiro atoms. The fourth-order valence-electron chi connectivity index (χ4n) is 2.23. The minimum Gasteiger partial charge on any atom is -0.307 e. The highest BCUT2D eigenvalue weighted by molar-refractivity contribution is 8.00. The van der Waals surface area contributed by atoms with Gasteiger partial charge >= 0.3 is 0 Å². The smallest absolute Gasteiger partial charge is 0.0991 e. The zero-order valence-electron chi connectivity index (χ0n) is 10.3. The molecule has 1 N–H and O–H groups in total. The summed E-state index contributed by atoms with van der Waals surface area (Å²) in [5, 5.41) is 13.2. The van der Waals surface area contributed by atoms with Gasteiger partial charge in [0, 0.05) is 23.1 Å². The maximum atomic E-state index is 8.76. The van der Waals surface area contributed by atoms with Crippen LogP contribution in [0.1, 0.15) is 37.4 Å². The van der Waals surface area contributed by atoms with Crippen molar-refractivity contribution in [3.63, 3.8) is 0 Å². The van der Waals surface area contributed by atoms with Crippen LogP contribution >= 0.6 is 11.8 Å². The lowest BCUT2D eigenvalue weighted by Crippen LogP contribution is -2.31. The van der Waals surface area contributed by atoms with E-state index in [0.29, 0.717) is 12.1 Å². The Morgan fingerprint density at radius 1 is 1.41 bits per heavy atom. The van der Waals surface area contributed by atoms with Gasteiger partial charge in [-0.1, -0.05) is 19.1 Å². The third kappa shape index (κ3) is 3.24. The van der Waals surface area contributed by atoms with E-state index < -0.39 is 0 Å². The Labute approximate surface area is 107 Å². The fraction of sp³-hybridized carbons (Fsp3) is 0.500. The Balaban J connectivity index is 1.95. The molecule has 1 aromatic rings. The average molecular weight is 246 g/mol. The molecular weight excluding hydrogens is 228 g/mol. The number of hydrogen-bond donors (Lipinski definition) is 1. The Hall–Kier alpha value is -0.980. The quantitative estimate of drug-likeness (QED) is 0.890. The largest absolute Gasteiger partial charge is 0.307 e. The van der Waals surface area contributed by atoms with E-state index in [1.165, 1.54) is 17.7 Å². The first-order valence-electron chi connectivity index (χ1n) is 6.06. The van der Waals surface area contributed by atoms with E-state index in [1.54, 1.807) is 0 Å². The minimum absolute atomic E-state index is 0.360. The van der Waals surface area contributed by atoms with Gasteiger partial charge in [-0.15, -0.1) is 0 Å². The van der Waals surface area contributed by atoms with Crippen LogP contribution in [-0.2, 0) is 0 Å². The normalized spacial score (nSPS) is 25.5. The highest BCUT2D eigenvalue weighted by Gasteiger charge is 2.23. The third-order valence-electron chi connectivity index (χ3n) is 3.22. The van der Waals surface area contributed by atoms with Gasteiger partial charge in [-0.05, 0) is 31.0 Å². The monoisotopic (exact) mass is 246 g/mol. The van der Waals surface area contributed by atoms with Gasteiger partial charge in [-0.2, -0.15) is 17.0 Å².